The molecule has 30 heavy (non-hydrogen) atoms. The molecule has 0 radical (unpaired) electrons. The Balaban J connectivity index is 1.69. The number of amides is 3. The number of likely N-dealkylation sites (tertiary alicyclic amines) is 1. The maximum Gasteiger partial charge on any atom is 0.249 e. The number of carbonyl (C=O) groups is 3. The summed E-state index contributed by atoms with van der Waals surface area (Å²) in [4.78, 5) is 44.4. The Kier molecular flexibility index (Phi) is 5.76. The maximum atomic E-state index is 13.2. The van der Waals surface area contributed by atoms with Crippen LogP contribution in [0.3, 0.4) is 0 Å². The summed E-state index contributed by atoms with van der Waals surface area (Å²) in [5.74, 6) is -0.305. The normalized spacial score (nSPS) is 13.8. The van der Waals surface area contributed by atoms with Gasteiger partial charge in [0.2, 0.25) is 17.7 Å². The van der Waals surface area contributed by atoms with Gasteiger partial charge in [0.1, 0.15) is 17.8 Å². The molecule has 0 atom stereocenters. The minimum Gasteiger partial charge on any atom is -0.492 e. The molecule has 2 aromatic carbocycles. The molecule has 0 spiro atoms. The van der Waals surface area contributed by atoms with Crippen LogP contribution in [-0.2, 0) is 20.9 Å². The summed E-state index contributed by atoms with van der Waals surface area (Å²) >= 11 is 1.38. The van der Waals surface area contributed by atoms with Crippen molar-refractivity contribution in [3.05, 3.63) is 54.1 Å². The number of para-hydroxylation sites is 1. The van der Waals surface area contributed by atoms with Crippen molar-refractivity contribution in [3.63, 3.8) is 0 Å². The average Bonchev–Trinajstić information content (AvgIpc) is 3.32. The van der Waals surface area contributed by atoms with Crippen molar-refractivity contribution in [2.24, 2.45) is 0 Å². The molecule has 0 aliphatic carbocycles. The van der Waals surface area contributed by atoms with Gasteiger partial charge in [0, 0.05) is 12.8 Å². The molecule has 0 N–H and O–H groups in total. The van der Waals surface area contributed by atoms with Gasteiger partial charge in [-0.05, 0) is 24.6 Å². The molecular weight excluding hydrogens is 402 g/mol. The molecule has 1 aliphatic rings. The van der Waals surface area contributed by atoms with Gasteiger partial charge in [-0.15, -0.1) is 0 Å². The van der Waals surface area contributed by atoms with Gasteiger partial charge in [-0.3, -0.25) is 24.2 Å². The largest absolute Gasteiger partial charge is 0.492 e. The molecule has 1 saturated heterocycles. The third-order valence-electron chi connectivity index (χ3n) is 4.83. The molecular formula is C22H21N3O4S. The summed E-state index contributed by atoms with van der Waals surface area (Å²) in [7, 11) is 0. The Morgan fingerprint density at radius 2 is 1.83 bits per heavy atom. The number of hydrogen-bond donors (Lipinski definition) is 0. The van der Waals surface area contributed by atoms with Crippen LogP contribution in [0, 0.1) is 0 Å². The van der Waals surface area contributed by atoms with E-state index in [0.717, 1.165) is 15.2 Å². The van der Waals surface area contributed by atoms with E-state index in [1.165, 1.54) is 16.2 Å². The zero-order valence-corrected chi connectivity index (χ0v) is 17.4. The van der Waals surface area contributed by atoms with Gasteiger partial charge < -0.3 is 4.74 Å². The van der Waals surface area contributed by atoms with Gasteiger partial charge in [0.05, 0.1) is 17.9 Å². The van der Waals surface area contributed by atoms with Crippen LogP contribution in [0.5, 0.6) is 5.75 Å². The molecule has 3 amide bonds. The smallest absolute Gasteiger partial charge is 0.249 e. The van der Waals surface area contributed by atoms with Gasteiger partial charge in [0.15, 0.2) is 5.13 Å². The molecule has 2 heterocycles. The van der Waals surface area contributed by atoms with E-state index in [0.29, 0.717) is 29.5 Å². The lowest BCUT2D eigenvalue weighted by Gasteiger charge is -2.22. The van der Waals surface area contributed by atoms with Crippen LogP contribution in [0.4, 0.5) is 5.13 Å². The highest BCUT2D eigenvalue weighted by Gasteiger charge is 2.33. The van der Waals surface area contributed by atoms with Crippen LogP contribution in [-0.4, -0.2) is 40.8 Å². The molecule has 1 aromatic heterocycles. The number of hydrogen-bond acceptors (Lipinski definition) is 6. The number of rotatable bonds is 7. The van der Waals surface area contributed by atoms with Crippen molar-refractivity contribution in [1.82, 2.24) is 9.88 Å². The van der Waals surface area contributed by atoms with Crippen molar-refractivity contribution in [2.75, 3.05) is 18.1 Å². The molecule has 0 unspecified atom stereocenters. The Hall–Kier alpha value is -3.26. The Morgan fingerprint density at radius 3 is 2.53 bits per heavy atom. The van der Waals surface area contributed by atoms with Crippen LogP contribution in [0.2, 0.25) is 0 Å². The summed E-state index contributed by atoms with van der Waals surface area (Å²) in [5.41, 5.74) is 1.62. The number of anilines is 1. The van der Waals surface area contributed by atoms with E-state index in [1.54, 1.807) is 0 Å². The lowest BCUT2D eigenvalue weighted by atomic mass is 10.2. The number of carbonyl (C=O) groups excluding carboxylic acids is 3. The predicted molar refractivity (Wildman–Crippen MR) is 114 cm³/mol. The second-order valence-electron chi connectivity index (χ2n) is 6.87. The zero-order chi connectivity index (χ0) is 21.1. The first-order valence-electron chi connectivity index (χ1n) is 9.76. The van der Waals surface area contributed by atoms with E-state index < -0.39 is 0 Å². The molecule has 0 saturated carbocycles. The standard InChI is InChI=1S/C22H21N3O4S/c1-2-29-16-9-6-10-17-21(16)23-22(30-17)25(13-15-7-4-3-5-8-15)20(28)14-24-18(26)11-12-19(24)27/h3-10H,2,11-14H2,1H3. The topological polar surface area (TPSA) is 79.8 Å². The SMILES string of the molecule is CCOc1cccc2sc(N(Cc3ccccc3)C(=O)CN3C(=O)CCC3=O)nc12. The number of imide groups is 1. The van der Waals surface area contributed by atoms with Crippen LogP contribution < -0.4 is 9.64 Å². The second-order valence-corrected chi connectivity index (χ2v) is 7.88. The highest BCUT2D eigenvalue weighted by atomic mass is 32.1. The van der Waals surface area contributed by atoms with Crippen molar-refractivity contribution in [1.29, 1.82) is 0 Å². The van der Waals surface area contributed by atoms with Crippen molar-refractivity contribution in [3.8, 4) is 5.75 Å². The van der Waals surface area contributed by atoms with E-state index in [9.17, 15) is 14.4 Å². The van der Waals surface area contributed by atoms with E-state index >= 15 is 0 Å². The minimum atomic E-state index is -0.348. The van der Waals surface area contributed by atoms with E-state index in [4.69, 9.17) is 4.74 Å². The summed E-state index contributed by atoms with van der Waals surface area (Å²) < 4.78 is 6.57. The van der Waals surface area contributed by atoms with Crippen LogP contribution in [0.25, 0.3) is 10.2 Å². The molecule has 154 valence electrons. The first-order valence-corrected chi connectivity index (χ1v) is 10.6. The Bertz CT molecular complexity index is 1080. The highest BCUT2D eigenvalue weighted by molar-refractivity contribution is 7.22. The third-order valence-corrected chi connectivity index (χ3v) is 5.88. The Labute approximate surface area is 177 Å². The summed E-state index contributed by atoms with van der Waals surface area (Å²) in [6.45, 7) is 2.43. The fourth-order valence-corrected chi connectivity index (χ4v) is 4.35. The lowest BCUT2D eigenvalue weighted by molar-refractivity contribution is -0.141. The molecule has 7 nitrogen and oxygen atoms in total. The van der Waals surface area contributed by atoms with Gasteiger partial charge in [-0.1, -0.05) is 47.7 Å². The number of ether oxygens (including phenoxy) is 1. The zero-order valence-electron chi connectivity index (χ0n) is 16.5. The van der Waals surface area contributed by atoms with Crippen LogP contribution in [0.1, 0.15) is 25.3 Å². The first-order chi connectivity index (χ1) is 14.6. The van der Waals surface area contributed by atoms with E-state index in [2.05, 4.69) is 4.98 Å². The number of fused-ring (bicyclic) bond motifs is 1. The molecule has 3 aromatic rings. The third kappa shape index (κ3) is 4.04. The van der Waals surface area contributed by atoms with Gasteiger partial charge in [-0.2, -0.15) is 0 Å². The maximum absolute atomic E-state index is 13.2. The van der Waals surface area contributed by atoms with Gasteiger partial charge in [-0.25, -0.2) is 4.98 Å². The highest BCUT2D eigenvalue weighted by Crippen LogP contribution is 2.35. The predicted octanol–water partition coefficient (Wildman–Crippen LogP) is 3.38. The van der Waals surface area contributed by atoms with Crippen molar-refractivity contribution >= 4 is 44.4 Å². The lowest BCUT2D eigenvalue weighted by Crippen LogP contribution is -2.42. The van der Waals surface area contributed by atoms with Gasteiger partial charge in [0.25, 0.3) is 0 Å². The monoisotopic (exact) mass is 423 g/mol. The van der Waals surface area contributed by atoms with E-state index in [1.807, 2.05) is 55.5 Å². The van der Waals surface area contributed by atoms with Crippen molar-refractivity contribution < 1.29 is 19.1 Å². The Morgan fingerprint density at radius 1 is 1.10 bits per heavy atom. The second kappa shape index (κ2) is 8.62. The average molecular weight is 423 g/mol. The molecule has 1 aliphatic heterocycles. The summed E-state index contributed by atoms with van der Waals surface area (Å²) in [6.07, 6.45) is 0.313. The van der Waals surface area contributed by atoms with Gasteiger partial charge >= 0.3 is 0 Å². The minimum absolute atomic E-state index is 0.156. The fraction of sp³-hybridized carbons (Fsp3) is 0.273. The van der Waals surface area contributed by atoms with Crippen LogP contribution >= 0.6 is 11.3 Å². The van der Waals surface area contributed by atoms with E-state index in [-0.39, 0.29) is 37.1 Å². The summed E-state index contributed by atoms with van der Waals surface area (Å²) in [6, 6.07) is 15.2. The van der Waals surface area contributed by atoms with Crippen molar-refractivity contribution in [2.45, 2.75) is 26.3 Å². The molecule has 4 rings (SSSR count). The molecule has 0 bridgehead atoms. The fourth-order valence-electron chi connectivity index (χ4n) is 3.35. The van der Waals surface area contributed by atoms with Crippen LogP contribution in [0.15, 0.2) is 48.5 Å². The molecule has 8 heteroatoms. The first kappa shape index (κ1) is 20.0. The number of thiazole rings is 1. The molecule has 1 fully saturated rings. The summed E-state index contributed by atoms with van der Waals surface area (Å²) in [5, 5.41) is 0.505. The number of benzene rings is 2. The number of aromatic nitrogens is 1. The quantitative estimate of drug-likeness (QED) is 0.545. The number of nitrogens with zero attached hydrogens (tertiary/aromatic N) is 3.